The van der Waals surface area contributed by atoms with Gasteiger partial charge in [0.1, 0.15) is 5.69 Å². The zero-order valence-corrected chi connectivity index (χ0v) is 10.5. The summed E-state index contributed by atoms with van der Waals surface area (Å²) in [6, 6.07) is 5.30. The zero-order chi connectivity index (χ0) is 12.5. The van der Waals surface area contributed by atoms with Gasteiger partial charge in [-0.1, -0.05) is 12.0 Å². The predicted molar refractivity (Wildman–Crippen MR) is 66.4 cm³/mol. The van der Waals surface area contributed by atoms with Gasteiger partial charge < -0.3 is 0 Å². The summed E-state index contributed by atoms with van der Waals surface area (Å²) in [5.41, 5.74) is 0.798. The Kier molecular flexibility index (Phi) is 2.96. The van der Waals surface area contributed by atoms with Crippen LogP contribution in [0, 0.1) is 12.3 Å². The lowest BCUT2D eigenvalue weighted by atomic mass is 10.3. The molecule has 2 aromatic rings. The van der Waals surface area contributed by atoms with Gasteiger partial charge in [0.15, 0.2) is 0 Å². The Morgan fingerprint density at radius 2 is 2.18 bits per heavy atom. The summed E-state index contributed by atoms with van der Waals surface area (Å²) in [6.45, 7) is 0. The van der Waals surface area contributed by atoms with Crippen LogP contribution < -0.4 is 0 Å². The molecule has 2 heterocycles. The van der Waals surface area contributed by atoms with E-state index in [-0.39, 0.29) is 10.9 Å². The van der Waals surface area contributed by atoms with Crippen LogP contribution in [-0.2, 0) is 9.84 Å². The highest BCUT2D eigenvalue weighted by Gasteiger charge is 2.14. The number of sulfone groups is 1. The van der Waals surface area contributed by atoms with Crippen LogP contribution in [0.5, 0.6) is 0 Å². The van der Waals surface area contributed by atoms with Crippen LogP contribution in [-0.4, -0.2) is 24.6 Å². The largest absolute Gasteiger partial charge is 0.248 e. The molecule has 0 aromatic carbocycles. The summed E-state index contributed by atoms with van der Waals surface area (Å²) < 4.78 is 22.9. The van der Waals surface area contributed by atoms with Gasteiger partial charge in [0, 0.05) is 6.26 Å². The van der Waals surface area contributed by atoms with E-state index in [1.54, 1.807) is 6.07 Å². The van der Waals surface area contributed by atoms with Crippen molar-refractivity contribution in [1.29, 1.82) is 0 Å². The van der Waals surface area contributed by atoms with E-state index in [1.807, 2.05) is 17.5 Å². The number of thiophene rings is 1. The molecule has 4 nitrogen and oxygen atoms in total. The second-order valence-corrected chi connectivity index (χ2v) is 6.17. The van der Waals surface area contributed by atoms with Crippen molar-refractivity contribution in [2.45, 2.75) is 5.16 Å². The van der Waals surface area contributed by atoms with E-state index in [0.29, 0.717) is 5.69 Å². The van der Waals surface area contributed by atoms with Crippen LogP contribution in [0.3, 0.4) is 0 Å². The average Bonchev–Trinajstić information content (AvgIpc) is 2.80. The Bertz CT molecular complexity index is 683. The SMILES string of the molecule is C#Cc1cc(-c2cccs2)nc(S(C)(=O)=O)n1. The van der Waals surface area contributed by atoms with E-state index in [2.05, 4.69) is 15.9 Å². The van der Waals surface area contributed by atoms with Gasteiger partial charge in [0.2, 0.25) is 15.0 Å². The molecule has 0 bridgehead atoms. The Morgan fingerprint density at radius 1 is 1.41 bits per heavy atom. The van der Waals surface area contributed by atoms with Crippen molar-refractivity contribution in [2.75, 3.05) is 6.26 Å². The van der Waals surface area contributed by atoms with Crippen molar-refractivity contribution >= 4 is 21.2 Å². The third-order valence-electron chi connectivity index (χ3n) is 1.96. The maximum absolute atomic E-state index is 11.4. The summed E-state index contributed by atoms with van der Waals surface area (Å²) >= 11 is 1.46. The van der Waals surface area contributed by atoms with Crippen LogP contribution in [0.15, 0.2) is 28.7 Å². The third-order valence-corrected chi connectivity index (χ3v) is 3.70. The summed E-state index contributed by atoms with van der Waals surface area (Å²) in [6.07, 6.45) is 6.31. The van der Waals surface area contributed by atoms with Crippen LogP contribution in [0.25, 0.3) is 10.6 Å². The Labute approximate surface area is 103 Å². The molecule has 6 heteroatoms. The smallest absolute Gasteiger partial charge is 0.221 e. The van der Waals surface area contributed by atoms with E-state index in [4.69, 9.17) is 6.42 Å². The molecular formula is C11H8N2O2S2. The minimum absolute atomic E-state index is 0.239. The summed E-state index contributed by atoms with van der Waals surface area (Å²) in [5.74, 6) is 2.33. The molecule has 0 aliphatic carbocycles. The standard InChI is InChI=1S/C11H8N2O2S2/c1-3-8-7-9(10-5-4-6-16-10)13-11(12-8)17(2,14)15/h1,4-7H,2H3. The summed E-state index contributed by atoms with van der Waals surface area (Å²) in [7, 11) is -3.46. The van der Waals surface area contributed by atoms with Crippen LogP contribution in [0.4, 0.5) is 0 Å². The number of hydrogen-bond donors (Lipinski definition) is 0. The molecule has 0 amide bonds. The maximum Gasteiger partial charge on any atom is 0.248 e. The lowest BCUT2D eigenvalue weighted by molar-refractivity contribution is 0.593. The average molecular weight is 264 g/mol. The molecule has 0 aliphatic rings. The minimum Gasteiger partial charge on any atom is -0.221 e. The monoisotopic (exact) mass is 264 g/mol. The number of terminal acetylenes is 1. The quantitative estimate of drug-likeness (QED) is 0.610. The third kappa shape index (κ3) is 2.52. The Balaban J connectivity index is 2.67. The molecular weight excluding hydrogens is 256 g/mol. The molecule has 0 N–H and O–H groups in total. The van der Waals surface area contributed by atoms with E-state index in [0.717, 1.165) is 11.1 Å². The molecule has 0 fully saturated rings. The fourth-order valence-electron chi connectivity index (χ4n) is 1.22. The zero-order valence-electron chi connectivity index (χ0n) is 8.91. The van der Waals surface area contributed by atoms with E-state index >= 15 is 0 Å². The van der Waals surface area contributed by atoms with Crippen molar-refractivity contribution in [2.24, 2.45) is 0 Å². The lowest BCUT2D eigenvalue weighted by Crippen LogP contribution is -2.06. The van der Waals surface area contributed by atoms with Gasteiger partial charge >= 0.3 is 0 Å². The highest BCUT2D eigenvalue weighted by molar-refractivity contribution is 7.90. The first-order valence-corrected chi connectivity index (χ1v) is 7.37. The maximum atomic E-state index is 11.4. The normalized spacial score (nSPS) is 11.1. The van der Waals surface area contributed by atoms with Gasteiger partial charge in [-0.25, -0.2) is 18.4 Å². The number of rotatable bonds is 2. The van der Waals surface area contributed by atoms with Crippen molar-refractivity contribution in [1.82, 2.24) is 9.97 Å². The Hall–Kier alpha value is -1.71. The number of aromatic nitrogens is 2. The molecule has 2 aromatic heterocycles. The van der Waals surface area contributed by atoms with Crippen molar-refractivity contribution in [3.05, 3.63) is 29.3 Å². The van der Waals surface area contributed by atoms with Gasteiger partial charge in [-0.3, -0.25) is 0 Å². The number of hydrogen-bond acceptors (Lipinski definition) is 5. The van der Waals surface area contributed by atoms with Crippen LogP contribution >= 0.6 is 11.3 Å². The van der Waals surface area contributed by atoms with Gasteiger partial charge in [0.05, 0.1) is 10.6 Å². The topological polar surface area (TPSA) is 59.9 Å². The molecule has 0 saturated heterocycles. The predicted octanol–water partition coefficient (Wildman–Crippen LogP) is 1.59. The lowest BCUT2D eigenvalue weighted by Gasteiger charge is -2.02. The number of nitrogens with zero attached hydrogens (tertiary/aromatic N) is 2. The molecule has 0 spiro atoms. The van der Waals surface area contributed by atoms with Gasteiger partial charge in [-0.2, -0.15) is 0 Å². The second-order valence-electron chi connectivity index (χ2n) is 3.31. The molecule has 17 heavy (non-hydrogen) atoms. The van der Waals surface area contributed by atoms with E-state index in [9.17, 15) is 8.42 Å². The minimum atomic E-state index is -3.46. The van der Waals surface area contributed by atoms with Crippen LogP contribution in [0.2, 0.25) is 0 Å². The van der Waals surface area contributed by atoms with Gasteiger partial charge in [-0.15, -0.1) is 17.8 Å². The molecule has 0 aliphatic heterocycles. The summed E-state index contributed by atoms with van der Waals surface area (Å²) in [4.78, 5) is 8.67. The first kappa shape index (κ1) is 11.8. The molecule has 86 valence electrons. The van der Waals surface area contributed by atoms with Gasteiger partial charge in [0.25, 0.3) is 0 Å². The highest BCUT2D eigenvalue weighted by atomic mass is 32.2. The van der Waals surface area contributed by atoms with Gasteiger partial charge in [-0.05, 0) is 17.5 Å². The molecule has 0 saturated carbocycles. The van der Waals surface area contributed by atoms with Crippen molar-refractivity contribution in [3.8, 4) is 22.9 Å². The first-order valence-electron chi connectivity index (χ1n) is 4.60. The molecule has 2 rings (SSSR count). The molecule has 0 radical (unpaired) electrons. The van der Waals surface area contributed by atoms with E-state index in [1.165, 1.54) is 11.3 Å². The van der Waals surface area contributed by atoms with Crippen molar-refractivity contribution in [3.63, 3.8) is 0 Å². The summed E-state index contributed by atoms with van der Waals surface area (Å²) in [5, 5.41) is 1.64. The molecule has 0 atom stereocenters. The second kappa shape index (κ2) is 4.28. The first-order chi connectivity index (χ1) is 8.00. The van der Waals surface area contributed by atoms with E-state index < -0.39 is 9.84 Å². The van der Waals surface area contributed by atoms with Crippen LogP contribution in [0.1, 0.15) is 5.69 Å². The highest BCUT2D eigenvalue weighted by Crippen LogP contribution is 2.23. The fraction of sp³-hybridized carbons (Fsp3) is 0.0909. The Morgan fingerprint density at radius 3 is 2.71 bits per heavy atom. The fourth-order valence-corrected chi connectivity index (χ4v) is 2.43. The molecule has 0 unspecified atom stereocenters. The van der Waals surface area contributed by atoms with Crippen molar-refractivity contribution < 1.29 is 8.42 Å².